The lowest BCUT2D eigenvalue weighted by atomic mass is 10.3. The summed E-state index contributed by atoms with van der Waals surface area (Å²) in [5, 5.41) is 2.56. The molecule has 0 aliphatic heterocycles. The van der Waals surface area contributed by atoms with Crippen LogP contribution in [0.15, 0.2) is 53.4 Å². The minimum atomic E-state index is -3.61. The zero-order valence-corrected chi connectivity index (χ0v) is 14.9. The van der Waals surface area contributed by atoms with Gasteiger partial charge in [0.05, 0.1) is 4.90 Å². The van der Waals surface area contributed by atoms with E-state index in [0.29, 0.717) is 5.69 Å². The van der Waals surface area contributed by atoms with Crippen LogP contribution >= 0.6 is 0 Å². The molecule has 0 saturated carbocycles. The maximum Gasteiger partial charge on any atom is 0.265 e. The minimum absolute atomic E-state index is 0.0333. The second kappa shape index (κ2) is 7.62. The Kier molecular flexibility index (Phi) is 5.76. The van der Waals surface area contributed by atoms with Crippen molar-refractivity contribution in [2.45, 2.75) is 17.9 Å². The number of sulfonamides is 1. The van der Waals surface area contributed by atoms with Gasteiger partial charge in [0, 0.05) is 19.8 Å². The van der Waals surface area contributed by atoms with Crippen molar-refractivity contribution < 1.29 is 22.3 Å². The third kappa shape index (κ3) is 4.55. The van der Waals surface area contributed by atoms with Crippen LogP contribution in [-0.4, -0.2) is 38.8 Å². The molecule has 1 amide bonds. The van der Waals surface area contributed by atoms with Crippen molar-refractivity contribution in [2.24, 2.45) is 0 Å². The fourth-order valence-electron chi connectivity index (χ4n) is 1.97. The van der Waals surface area contributed by atoms with Crippen LogP contribution in [0.25, 0.3) is 0 Å². The number of amides is 1. The Morgan fingerprint density at radius 2 is 1.84 bits per heavy atom. The van der Waals surface area contributed by atoms with Crippen LogP contribution in [0.1, 0.15) is 6.92 Å². The predicted molar refractivity (Wildman–Crippen MR) is 92.4 cm³/mol. The Morgan fingerprint density at radius 3 is 2.48 bits per heavy atom. The molecule has 0 unspecified atom stereocenters. The Hall–Kier alpha value is -2.45. The highest BCUT2D eigenvalue weighted by molar-refractivity contribution is 7.89. The van der Waals surface area contributed by atoms with Gasteiger partial charge in [-0.05, 0) is 37.3 Å². The second-order valence-corrected chi connectivity index (χ2v) is 7.65. The topological polar surface area (TPSA) is 75.7 Å². The lowest BCUT2D eigenvalue weighted by Gasteiger charge is -2.16. The fourth-order valence-corrected chi connectivity index (χ4v) is 2.92. The molecule has 0 radical (unpaired) electrons. The van der Waals surface area contributed by atoms with Crippen molar-refractivity contribution >= 4 is 21.6 Å². The van der Waals surface area contributed by atoms with E-state index in [0.717, 1.165) is 4.31 Å². The highest BCUT2D eigenvalue weighted by Gasteiger charge is 2.20. The van der Waals surface area contributed by atoms with Crippen LogP contribution in [-0.2, 0) is 14.8 Å². The zero-order valence-electron chi connectivity index (χ0n) is 14.1. The lowest BCUT2D eigenvalue weighted by Crippen LogP contribution is -2.30. The summed E-state index contributed by atoms with van der Waals surface area (Å²) in [6, 6.07) is 11.6. The number of carbonyl (C=O) groups is 1. The molecule has 134 valence electrons. The largest absolute Gasteiger partial charge is 0.478 e. The number of rotatable bonds is 6. The molecule has 0 aliphatic carbocycles. The summed E-state index contributed by atoms with van der Waals surface area (Å²) in [6.45, 7) is 1.47. The van der Waals surface area contributed by atoms with Gasteiger partial charge < -0.3 is 10.1 Å². The van der Waals surface area contributed by atoms with Gasteiger partial charge >= 0.3 is 0 Å². The molecule has 0 spiro atoms. The normalized spacial score (nSPS) is 12.7. The Morgan fingerprint density at radius 1 is 1.16 bits per heavy atom. The van der Waals surface area contributed by atoms with E-state index in [-0.39, 0.29) is 10.6 Å². The number of ether oxygens (including phenoxy) is 1. The van der Waals surface area contributed by atoms with Gasteiger partial charge in [0.2, 0.25) is 10.0 Å². The van der Waals surface area contributed by atoms with Crippen LogP contribution < -0.4 is 10.1 Å². The maximum absolute atomic E-state index is 13.6. The molecule has 0 aliphatic rings. The van der Waals surface area contributed by atoms with E-state index in [9.17, 15) is 17.6 Å². The maximum atomic E-state index is 13.6. The van der Waals surface area contributed by atoms with Gasteiger partial charge in [-0.15, -0.1) is 0 Å². The number of benzene rings is 2. The highest BCUT2D eigenvalue weighted by atomic mass is 32.2. The van der Waals surface area contributed by atoms with Crippen molar-refractivity contribution in [2.75, 3.05) is 19.4 Å². The van der Waals surface area contributed by atoms with Gasteiger partial charge in [0.1, 0.15) is 0 Å². The zero-order chi connectivity index (χ0) is 18.6. The highest BCUT2D eigenvalue weighted by Crippen LogP contribution is 2.20. The number of hydrogen-bond acceptors (Lipinski definition) is 4. The van der Waals surface area contributed by atoms with Crippen LogP contribution in [0.3, 0.4) is 0 Å². The number of carbonyl (C=O) groups excluding carboxylic acids is 1. The van der Waals surface area contributed by atoms with Gasteiger partial charge in [0.25, 0.3) is 5.91 Å². The van der Waals surface area contributed by atoms with E-state index in [1.165, 1.54) is 57.4 Å². The molecule has 6 nitrogen and oxygen atoms in total. The first-order chi connectivity index (χ1) is 11.7. The van der Waals surface area contributed by atoms with Crippen molar-refractivity contribution in [3.8, 4) is 5.75 Å². The van der Waals surface area contributed by atoms with E-state index in [2.05, 4.69) is 5.32 Å². The molecule has 0 heterocycles. The first-order valence-corrected chi connectivity index (χ1v) is 8.90. The standard InChI is InChI=1S/C17H19FN2O4S/c1-12(24-16-10-5-4-9-15(16)18)17(21)19-13-7-6-8-14(11-13)25(22,23)20(2)3/h4-12H,1-3H3,(H,19,21)/t12-/m1/s1. The van der Waals surface area contributed by atoms with Crippen molar-refractivity contribution in [1.82, 2.24) is 4.31 Å². The molecule has 0 aromatic heterocycles. The average molecular weight is 366 g/mol. The van der Waals surface area contributed by atoms with E-state index < -0.39 is 27.9 Å². The van der Waals surface area contributed by atoms with Crippen LogP contribution in [0.2, 0.25) is 0 Å². The third-order valence-corrected chi connectivity index (χ3v) is 5.20. The SMILES string of the molecule is C[C@@H](Oc1ccccc1F)C(=O)Nc1cccc(S(=O)(=O)N(C)C)c1. The van der Waals surface area contributed by atoms with Crippen molar-refractivity contribution in [1.29, 1.82) is 0 Å². The van der Waals surface area contributed by atoms with Crippen molar-refractivity contribution in [3.63, 3.8) is 0 Å². The number of para-hydroxylation sites is 1. The molecular weight excluding hydrogens is 347 g/mol. The summed E-state index contributed by atoms with van der Waals surface area (Å²) >= 11 is 0. The Balaban J connectivity index is 2.12. The first kappa shape index (κ1) is 18.9. The quantitative estimate of drug-likeness (QED) is 0.852. The molecule has 8 heteroatoms. The Labute approximate surface area is 146 Å². The summed E-state index contributed by atoms with van der Waals surface area (Å²) in [7, 11) is -0.765. The first-order valence-electron chi connectivity index (χ1n) is 7.46. The summed E-state index contributed by atoms with van der Waals surface area (Å²) in [4.78, 5) is 12.3. The molecule has 0 fully saturated rings. The smallest absolute Gasteiger partial charge is 0.265 e. The number of nitrogens with zero attached hydrogens (tertiary/aromatic N) is 1. The number of anilines is 1. The number of halogens is 1. The molecule has 1 N–H and O–H groups in total. The van der Waals surface area contributed by atoms with E-state index in [4.69, 9.17) is 4.74 Å². The predicted octanol–water partition coefficient (Wildman–Crippen LogP) is 2.48. The Bertz CT molecular complexity index is 868. The third-order valence-electron chi connectivity index (χ3n) is 3.39. The number of hydrogen-bond donors (Lipinski definition) is 1. The summed E-state index contributed by atoms with van der Waals surface area (Å²) in [5.41, 5.74) is 0.303. The van der Waals surface area contributed by atoms with E-state index in [1.807, 2.05) is 0 Å². The molecule has 0 saturated heterocycles. The van der Waals surface area contributed by atoms with Crippen LogP contribution in [0.5, 0.6) is 5.75 Å². The summed E-state index contributed by atoms with van der Waals surface area (Å²) in [5.74, 6) is -1.13. The van der Waals surface area contributed by atoms with Crippen LogP contribution in [0, 0.1) is 5.82 Å². The lowest BCUT2D eigenvalue weighted by molar-refractivity contribution is -0.122. The molecule has 1 atom stereocenters. The van der Waals surface area contributed by atoms with Gasteiger partial charge in [-0.25, -0.2) is 17.1 Å². The van der Waals surface area contributed by atoms with Crippen LogP contribution in [0.4, 0.5) is 10.1 Å². The van der Waals surface area contributed by atoms with Gasteiger partial charge in [-0.2, -0.15) is 0 Å². The molecular formula is C17H19FN2O4S. The summed E-state index contributed by atoms with van der Waals surface area (Å²) in [6.07, 6.45) is -0.967. The average Bonchev–Trinajstić information content (AvgIpc) is 2.57. The van der Waals surface area contributed by atoms with Crippen molar-refractivity contribution in [3.05, 3.63) is 54.3 Å². The van der Waals surface area contributed by atoms with Gasteiger partial charge in [-0.1, -0.05) is 18.2 Å². The fraction of sp³-hybridized carbons (Fsp3) is 0.235. The minimum Gasteiger partial charge on any atom is -0.478 e. The molecule has 0 bridgehead atoms. The monoisotopic (exact) mass is 366 g/mol. The molecule has 2 aromatic rings. The van der Waals surface area contributed by atoms with Gasteiger partial charge in [-0.3, -0.25) is 4.79 Å². The van der Waals surface area contributed by atoms with E-state index >= 15 is 0 Å². The summed E-state index contributed by atoms with van der Waals surface area (Å²) < 4.78 is 44.2. The molecule has 25 heavy (non-hydrogen) atoms. The van der Waals surface area contributed by atoms with Gasteiger partial charge in [0.15, 0.2) is 17.7 Å². The number of nitrogens with one attached hydrogen (secondary N) is 1. The van der Waals surface area contributed by atoms with E-state index in [1.54, 1.807) is 12.1 Å². The molecule has 2 aromatic carbocycles. The second-order valence-electron chi connectivity index (χ2n) is 5.50. The molecule has 2 rings (SSSR count).